The van der Waals surface area contributed by atoms with Crippen molar-refractivity contribution in [1.29, 1.82) is 0 Å². The van der Waals surface area contributed by atoms with Gasteiger partial charge in [-0.3, -0.25) is 4.79 Å². The van der Waals surface area contributed by atoms with E-state index in [0.29, 0.717) is 6.61 Å². The molecule has 2 heteroatoms. The van der Waals surface area contributed by atoms with Gasteiger partial charge in [0.05, 0.1) is 6.61 Å². The highest BCUT2D eigenvalue weighted by molar-refractivity contribution is 6.00. The molecule has 0 aliphatic carbocycles. The molecule has 0 heterocycles. The van der Waals surface area contributed by atoms with Crippen LogP contribution in [0.3, 0.4) is 0 Å². The first-order valence-corrected chi connectivity index (χ1v) is 5.79. The van der Waals surface area contributed by atoms with Gasteiger partial charge in [0.25, 0.3) is 0 Å². The summed E-state index contributed by atoms with van der Waals surface area (Å²) in [5, 5.41) is 0. The summed E-state index contributed by atoms with van der Waals surface area (Å²) in [4.78, 5) is 12.2. The summed E-state index contributed by atoms with van der Waals surface area (Å²) in [6, 6.07) is 7.41. The number of rotatable bonds is 5. The highest BCUT2D eigenvalue weighted by Gasteiger charge is 2.26. The van der Waals surface area contributed by atoms with Crippen LogP contribution in [0.2, 0.25) is 0 Å². The molecule has 2 nitrogen and oxygen atoms in total. The lowest BCUT2D eigenvalue weighted by Gasteiger charge is -2.21. The fourth-order valence-corrected chi connectivity index (χ4v) is 1.45. The average Bonchev–Trinajstić information content (AvgIpc) is 2.29. The molecule has 0 N–H and O–H groups in total. The molecule has 1 aromatic carbocycles. The van der Waals surface area contributed by atoms with Crippen LogP contribution in [0.4, 0.5) is 0 Å². The van der Waals surface area contributed by atoms with Crippen LogP contribution >= 0.6 is 0 Å². The van der Waals surface area contributed by atoms with E-state index in [0.717, 1.165) is 17.7 Å². The van der Waals surface area contributed by atoms with Gasteiger partial charge in [-0.2, -0.15) is 0 Å². The Labute approximate surface area is 97.6 Å². The molecule has 0 amide bonds. The summed E-state index contributed by atoms with van der Waals surface area (Å²) in [5.41, 5.74) is 0.433. The summed E-state index contributed by atoms with van der Waals surface area (Å²) < 4.78 is 5.39. The molecule has 0 unspecified atom stereocenters. The molecule has 1 rings (SSSR count). The Morgan fingerprint density at radius 1 is 1.31 bits per heavy atom. The first-order valence-electron chi connectivity index (χ1n) is 5.79. The number of ether oxygens (including phenoxy) is 1. The van der Waals surface area contributed by atoms with Crippen LogP contribution in [0.5, 0.6) is 5.75 Å². The highest BCUT2D eigenvalue weighted by Crippen LogP contribution is 2.27. The van der Waals surface area contributed by atoms with Crippen molar-refractivity contribution in [2.24, 2.45) is 5.41 Å². The number of Topliss-reactive ketones (excluding diaryl/α,β-unsaturated/α-hetero) is 1. The lowest BCUT2D eigenvalue weighted by atomic mass is 9.82. The van der Waals surface area contributed by atoms with Crippen molar-refractivity contribution in [3.05, 3.63) is 29.8 Å². The Hall–Kier alpha value is -1.31. The zero-order valence-electron chi connectivity index (χ0n) is 10.5. The molecule has 0 saturated carbocycles. The fourth-order valence-electron chi connectivity index (χ4n) is 1.45. The van der Waals surface area contributed by atoms with Crippen molar-refractivity contribution in [1.82, 2.24) is 0 Å². The molecule has 0 aliphatic heterocycles. The van der Waals surface area contributed by atoms with Crippen molar-refractivity contribution < 1.29 is 9.53 Å². The van der Waals surface area contributed by atoms with E-state index in [2.05, 4.69) is 0 Å². The molecule has 0 fully saturated rings. The van der Waals surface area contributed by atoms with Gasteiger partial charge < -0.3 is 4.74 Å². The summed E-state index contributed by atoms with van der Waals surface area (Å²) in [6.45, 7) is 8.54. The maximum absolute atomic E-state index is 12.2. The SMILES string of the molecule is CCOc1cccc(C(=O)C(C)(C)CC)c1. The fraction of sp³-hybridized carbons (Fsp3) is 0.500. The second-order valence-electron chi connectivity index (χ2n) is 4.53. The Kier molecular flexibility index (Phi) is 4.11. The van der Waals surface area contributed by atoms with Crippen molar-refractivity contribution in [2.45, 2.75) is 34.1 Å². The normalized spacial score (nSPS) is 11.2. The van der Waals surface area contributed by atoms with E-state index < -0.39 is 0 Å². The van der Waals surface area contributed by atoms with Crippen LogP contribution in [-0.4, -0.2) is 12.4 Å². The van der Waals surface area contributed by atoms with Crippen LogP contribution in [0, 0.1) is 5.41 Å². The monoisotopic (exact) mass is 220 g/mol. The molecule has 1 aromatic rings. The largest absolute Gasteiger partial charge is 0.494 e. The number of ketones is 1. The van der Waals surface area contributed by atoms with E-state index in [1.165, 1.54) is 0 Å². The Morgan fingerprint density at radius 3 is 2.56 bits per heavy atom. The third-order valence-electron chi connectivity index (χ3n) is 2.91. The van der Waals surface area contributed by atoms with E-state index >= 15 is 0 Å². The molecule has 0 spiro atoms. The minimum Gasteiger partial charge on any atom is -0.494 e. The Bertz CT molecular complexity index is 367. The third-order valence-corrected chi connectivity index (χ3v) is 2.91. The highest BCUT2D eigenvalue weighted by atomic mass is 16.5. The molecule has 0 saturated heterocycles. The van der Waals surface area contributed by atoms with Gasteiger partial charge in [0.15, 0.2) is 5.78 Å². The topological polar surface area (TPSA) is 26.3 Å². The number of hydrogen-bond acceptors (Lipinski definition) is 2. The van der Waals surface area contributed by atoms with Crippen molar-refractivity contribution in [3.8, 4) is 5.75 Å². The number of hydrogen-bond donors (Lipinski definition) is 0. The van der Waals surface area contributed by atoms with Gasteiger partial charge in [-0.1, -0.05) is 32.9 Å². The molecule has 0 radical (unpaired) electrons. The molecular formula is C14H20O2. The van der Waals surface area contributed by atoms with Gasteiger partial charge in [0.1, 0.15) is 5.75 Å². The van der Waals surface area contributed by atoms with Crippen molar-refractivity contribution in [2.75, 3.05) is 6.61 Å². The second-order valence-corrected chi connectivity index (χ2v) is 4.53. The summed E-state index contributed by atoms with van der Waals surface area (Å²) in [6.07, 6.45) is 0.838. The van der Waals surface area contributed by atoms with E-state index in [1.54, 1.807) is 0 Å². The Balaban J connectivity index is 2.96. The summed E-state index contributed by atoms with van der Waals surface area (Å²) >= 11 is 0. The molecule has 88 valence electrons. The average molecular weight is 220 g/mol. The smallest absolute Gasteiger partial charge is 0.168 e. The van der Waals surface area contributed by atoms with Crippen molar-refractivity contribution >= 4 is 5.78 Å². The van der Waals surface area contributed by atoms with E-state index in [1.807, 2.05) is 52.0 Å². The molecule has 0 aromatic heterocycles. The summed E-state index contributed by atoms with van der Waals surface area (Å²) in [7, 11) is 0. The zero-order chi connectivity index (χ0) is 12.2. The van der Waals surface area contributed by atoms with Gasteiger partial charge in [-0.25, -0.2) is 0 Å². The quantitative estimate of drug-likeness (QED) is 0.707. The maximum Gasteiger partial charge on any atom is 0.168 e. The van der Waals surface area contributed by atoms with Crippen LogP contribution in [0.15, 0.2) is 24.3 Å². The minimum absolute atomic E-state index is 0.177. The van der Waals surface area contributed by atoms with Gasteiger partial charge in [-0.15, -0.1) is 0 Å². The lowest BCUT2D eigenvalue weighted by Crippen LogP contribution is -2.23. The lowest BCUT2D eigenvalue weighted by molar-refractivity contribution is 0.0832. The molecular weight excluding hydrogens is 200 g/mol. The van der Waals surface area contributed by atoms with E-state index in [9.17, 15) is 4.79 Å². The molecule has 0 atom stereocenters. The first-order chi connectivity index (χ1) is 7.51. The molecule has 0 bridgehead atoms. The zero-order valence-corrected chi connectivity index (χ0v) is 10.5. The first kappa shape index (κ1) is 12.8. The van der Waals surface area contributed by atoms with Gasteiger partial charge in [0, 0.05) is 11.0 Å². The maximum atomic E-state index is 12.2. The van der Waals surface area contributed by atoms with E-state index in [-0.39, 0.29) is 11.2 Å². The molecule has 0 aliphatic rings. The van der Waals surface area contributed by atoms with Gasteiger partial charge in [0.2, 0.25) is 0 Å². The summed E-state index contributed by atoms with van der Waals surface area (Å²) in [5.74, 6) is 0.941. The second kappa shape index (κ2) is 5.15. The van der Waals surface area contributed by atoms with Crippen LogP contribution < -0.4 is 4.74 Å². The van der Waals surface area contributed by atoms with Crippen LogP contribution in [0.1, 0.15) is 44.5 Å². The van der Waals surface area contributed by atoms with Crippen LogP contribution in [0.25, 0.3) is 0 Å². The molecule has 16 heavy (non-hydrogen) atoms. The van der Waals surface area contributed by atoms with E-state index in [4.69, 9.17) is 4.74 Å². The van der Waals surface area contributed by atoms with Gasteiger partial charge >= 0.3 is 0 Å². The predicted molar refractivity (Wildman–Crippen MR) is 66.0 cm³/mol. The number of carbonyl (C=O) groups is 1. The third kappa shape index (κ3) is 2.84. The Morgan fingerprint density at radius 2 is 2.00 bits per heavy atom. The predicted octanol–water partition coefficient (Wildman–Crippen LogP) is 3.70. The minimum atomic E-state index is -0.301. The van der Waals surface area contributed by atoms with Gasteiger partial charge in [-0.05, 0) is 25.5 Å². The number of carbonyl (C=O) groups excluding carboxylic acids is 1. The number of benzene rings is 1. The van der Waals surface area contributed by atoms with Crippen LogP contribution in [-0.2, 0) is 0 Å². The standard InChI is InChI=1S/C14H20O2/c1-5-14(3,4)13(15)11-8-7-9-12(10-11)16-6-2/h7-10H,5-6H2,1-4H3. The van der Waals surface area contributed by atoms with Crippen molar-refractivity contribution in [3.63, 3.8) is 0 Å².